The Morgan fingerprint density at radius 2 is 1.03 bits per heavy atom. The van der Waals surface area contributed by atoms with E-state index in [4.69, 9.17) is 17.0 Å². The topological polar surface area (TPSA) is 0 Å². The van der Waals surface area contributed by atoms with Crippen molar-refractivity contribution in [2.24, 2.45) is 0 Å². The van der Waals surface area contributed by atoms with Crippen molar-refractivity contribution in [2.75, 3.05) is 13.3 Å². The fourth-order valence-corrected chi connectivity index (χ4v) is 9.33. The summed E-state index contributed by atoms with van der Waals surface area (Å²) < 4.78 is 0. The van der Waals surface area contributed by atoms with E-state index >= 15 is 0 Å². The second-order valence-corrected chi connectivity index (χ2v) is 20.2. The zero-order valence-corrected chi connectivity index (χ0v) is 26.8. The van der Waals surface area contributed by atoms with E-state index in [1.165, 1.54) is 26.8 Å². The SMILES string of the molecule is CC(C)(C)P(c1cc2ccccc2[cH-]1)C(C)(C)C.CP(C)c1cc2ccccc2[cH-]1.[Cl][Zr+2][Cl]. The molecule has 0 spiro atoms. The standard InChI is InChI=1S/C17H24P.C11H12P.2ClH.Zr/c1-16(2,3)18(17(4,5)6)15-11-13-9-7-8-10-14(13)12-15;1-12(2)11-7-9-5-3-4-6-10(9)8-11;;;/h7-12H,1-6H3;3-8H,1-2H3;2*1H;/q2*-1;;;+4/p-2. The summed E-state index contributed by atoms with van der Waals surface area (Å²) in [5, 5.41) is 9.27. The quantitative estimate of drug-likeness (QED) is 0.160. The summed E-state index contributed by atoms with van der Waals surface area (Å²) in [5.41, 5.74) is 0. The van der Waals surface area contributed by atoms with E-state index in [1.807, 2.05) is 0 Å². The van der Waals surface area contributed by atoms with Gasteiger partial charge >= 0.3 is 37.9 Å². The zero-order chi connectivity index (χ0) is 24.8. The summed E-state index contributed by atoms with van der Waals surface area (Å²) >= 11 is -0.826. The molecule has 33 heavy (non-hydrogen) atoms. The van der Waals surface area contributed by atoms with Crippen LogP contribution in [0.4, 0.5) is 0 Å². The maximum atomic E-state index is 4.93. The Bertz CT molecular complexity index is 1050. The van der Waals surface area contributed by atoms with Gasteiger partial charge in [-0.2, -0.15) is 12.1 Å². The van der Waals surface area contributed by atoms with E-state index in [9.17, 15) is 0 Å². The van der Waals surface area contributed by atoms with Crippen LogP contribution in [0.15, 0.2) is 72.8 Å². The van der Waals surface area contributed by atoms with Crippen LogP contribution in [0.3, 0.4) is 0 Å². The van der Waals surface area contributed by atoms with Crippen molar-refractivity contribution >= 4 is 65.0 Å². The monoisotopic (exact) mass is 594 g/mol. The molecule has 0 saturated carbocycles. The van der Waals surface area contributed by atoms with Gasteiger partial charge < -0.3 is 0 Å². The van der Waals surface area contributed by atoms with E-state index in [0.29, 0.717) is 10.3 Å². The first-order chi connectivity index (χ1) is 15.4. The second kappa shape index (κ2) is 12.8. The summed E-state index contributed by atoms with van der Waals surface area (Å²) in [6, 6.07) is 26.7. The van der Waals surface area contributed by atoms with Gasteiger partial charge in [-0.15, -0.1) is 88.6 Å². The van der Waals surface area contributed by atoms with Crippen LogP contribution in [-0.2, 0) is 20.8 Å². The molecule has 0 saturated heterocycles. The summed E-state index contributed by atoms with van der Waals surface area (Å²) in [6.45, 7) is 18.9. The fourth-order valence-electron chi connectivity index (χ4n) is 4.44. The van der Waals surface area contributed by atoms with Crippen LogP contribution < -0.4 is 10.6 Å². The normalized spacial score (nSPS) is 11.8. The number of benzene rings is 2. The molecule has 0 fully saturated rings. The van der Waals surface area contributed by atoms with E-state index in [0.717, 1.165) is 0 Å². The Kier molecular flexibility index (Phi) is 11.3. The Balaban J connectivity index is 0.000000221. The summed E-state index contributed by atoms with van der Waals surface area (Å²) in [4.78, 5) is 0. The van der Waals surface area contributed by atoms with Crippen molar-refractivity contribution < 1.29 is 20.8 Å². The van der Waals surface area contributed by atoms with Gasteiger partial charge in [-0.3, -0.25) is 0 Å². The predicted octanol–water partition coefficient (Wildman–Crippen LogP) is 9.56. The first-order valence-electron chi connectivity index (χ1n) is 11.1. The van der Waals surface area contributed by atoms with E-state index < -0.39 is 20.8 Å². The van der Waals surface area contributed by atoms with E-state index in [1.54, 1.807) is 5.30 Å². The number of hydrogen-bond donors (Lipinski definition) is 0. The van der Waals surface area contributed by atoms with Gasteiger partial charge in [-0.1, -0.05) is 61.6 Å². The summed E-state index contributed by atoms with van der Waals surface area (Å²) in [6.07, 6.45) is 0. The molecule has 0 aliphatic carbocycles. The van der Waals surface area contributed by atoms with Crippen molar-refractivity contribution in [1.29, 1.82) is 0 Å². The van der Waals surface area contributed by atoms with Gasteiger partial charge in [0.1, 0.15) is 0 Å². The molecule has 0 radical (unpaired) electrons. The van der Waals surface area contributed by atoms with Gasteiger partial charge in [0.05, 0.1) is 0 Å². The molecule has 4 rings (SSSR count). The summed E-state index contributed by atoms with van der Waals surface area (Å²) in [7, 11) is 9.74. The van der Waals surface area contributed by atoms with Crippen LogP contribution >= 0.6 is 32.9 Å². The van der Waals surface area contributed by atoms with Crippen LogP contribution in [0.25, 0.3) is 21.5 Å². The third-order valence-corrected chi connectivity index (χ3v) is 10.1. The Morgan fingerprint density at radius 1 is 0.667 bits per heavy atom. The van der Waals surface area contributed by atoms with Crippen molar-refractivity contribution in [3.05, 3.63) is 72.8 Å². The molecule has 0 unspecified atom stereocenters. The van der Waals surface area contributed by atoms with Crippen LogP contribution in [0.2, 0.25) is 0 Å². The van der Waals surface area contributed by atoms with Gasteiger partial charge in [0, 0.05) is 0 Å². The number of halogens is 2. The molecule has 4 aromatic rings. The zero-order valence-electron chi connectivity index (χ0n) is 21.1. The minimum absolute atomic E-state index is 0.0576. The predicted molar refractivity (Wildman–Crippen MR) is 155 cm³/mol. The Hall–Kier alpha value is -0.0169. The molecule has 4 aromatic carbocycles. The molecule has 0 nitrogen and oxygen atoms in total. The molecular weight excluding hydrogens is 560 g/mol. The molecule has 176 valence electrons. The molecule has 0 heterocycles. The van der Waals surface area contributed by atoms with Crippen LogP contribution in [0, 0.1) is 0 Å². The maximum absolute atomic E-state index is 4.93. The van der Waals surface area contributed by atoms with Crippen molar-refractivity contribution in [2.45, 2.75) is 51.9 Å². The van der Waals surface area contributed by atoms with E-state index in [-0.39, 0.29) is 15.8 Å². The van der Waals surface area contributed by atoms with Gasteiger partial charge in [0.15, 0.2) is 0 Å². The molecule has 0 amide bonds. The molecule has 0 aromatic heterocycles. The van der Waals surface area contributed by atoms with Crippen LogP contribution in [-0.4, -0.2) is 23.6 Å². The van der Waals surface area contributed by atoms with Crippen molar-refractivity contribution in [3.63, 3.8) is 0 Å². The minimum atomic E-state index is -0.826. The first kappa shape index (κ1) is 29.2. The number of hydrogen-bond acceptors (Lipinski definition) is 0. The number of rotatable bonds is 2. The van der Waals surface area contributed by atoms with Crippen molar-refractivity contribution in [3.8, 4) is 0 Å². The van der Waals surface area contributed by atoms with Crippen LogP contribution in [0.1, 0.15) is 41.5 Å². The fraction of sp³-hybridized carbons (Fsp3) is 0.357. The van der Waals surface area contributed by atoms with Crippen LogP contribution in [0.5, 0.6) is 0 Å². The molecule has 5 heteroatoms. The molecule has 0 aliphatic heterocycles. The number of fused-ring (bicyclic) bond motifs is 2. The summed E-state index contributed by atoms with van der Waals surface area (Å²) in [5.74, 6) is 0. The molecule has 0 atom stereocenters. The third kappa shape index (κ3) is 8.55. The molecular formula is C28H36Cl2P2Zr. The average Bonchev–Trinajstić information content (AvgIpc) is 3.30. The Morgan fingerprint density at radius 3 is 1.39 bits per heavy atom. The average molecular weight is 597 g/mol. The van der Waals surface area contributed by atoms with E-state index in [2.05, 4.69) is 128 Å². The van der Waals surface area contributed by atoms with Gasteiger partial charge in [0.2, 0.25) is 0 Å². The van der Waals surface area contributed by atoms with Crippen molar-refractivity contribution in [1.82, 2.24) is 0 Å². The second-order valence-electron chi connectivity index (χ2n) is 10.3. The molecule has 0 N–H and O–H groups in total. The van der Waals surface area contributed by atoms with Gasteiger partial charge in [-0.25, -0.2) is 0 Å². The van der Waals surface area contributed by atoms with Gasteiger partial charge in [0.25, 0.3) is 0 Å². The molecule has 0 aliphatic rings. The molecule has 0 bridgehead atoms. The first-order valence-corrected chi connectivity index (χ1v) is 21.0. The Labute approximate surface area is 222 Å². The van der Waals surface area contributed by atoms with Gasteiger partial charge in [-0.05, 0) is 23.6 Å². The third-order valence-electron chi connectivity index (χ3n) is 5.32.